The van der Waals surface area contributed by atoms with E-state index in [4.69, 9.17) is 4.74 Å². The van der Waals surface area contributed by atoms with Crippen LogP contribution in [-0.2, 0) is 25.4 Å². The molecule has 4 aliphatic rings. The number of sulfone groups is 1. The zero-order valence-electron chi connectivity index (χ0n) is 44.1. The Morgan fingerprint density at radius 3 is 1.00 bits per heavy atom. The molecule has 4 fully saturated rings. The monoisotopic (exact) mass is 875 g/mol. The third-order valence-electron chi connectivity index (χ3n) is 14.2. The predicted octanol–water partition coefficient (Wildman–Crippen LogP) is 15.5. The summed E-state index contributed by atoms with van der Waals surface area (Å²) in [6.07, 6.45) is 7.64. The smallest absolute Gasteiger partial charge is 0.160 e. The van der Waals surface area contributed by atoms with Crippen molar-refractivity contribution in [2.75, 3.05) is 0 Å². The lowest BCUT2D eigenvalue weighted by Crippen LogP contribution is -2.54. The first-order valence-corrected chi connectivity index (χ1v) is 26.4. The van der Waals surface area contributed by atoms with Gasteiger partial charge in [0.05, 0.1) is 20.7 Å². The minimum atomic E-state index is -3.03. The van der Waals surface area contributed by atoms with Crippen LogP contribution < -0.4 is 0 Å². The molecular weight excluding hydrogens is 773 g/mol. The molecule has 4 aliphatic heterocycles. The zero-order valence-corrected chi connectivity index (χ0v) is 46.6. The maximum absolute atomic E-state index is 12.4. The van der Waals surface area contributed by atoms with Crippen molar-refractivity contribution in [3.8, 4) is 0 Å². The van der Waals surface area contributed by atoms with Crippen molar-refractivity contribution in [1.82, 2.24) is 0 Å². The van der Waals surface area contributed by atoms with Gasteiger partial charge in [-0.25, -0.2) is 8.42 Å². The summed E-state index contributed by atoms with van der Waals surface area (Å²) in [5, 5.41) is 0. The molecule has 4 heterocycles. The molecule has 4 rings (SSSR count). The molecule has 348 valence electrons. The first-order valence-electron chi connectivity index (χ1n) is 22.9. The molecule has 4 nitrogen and oxygen atoms in total. The van der Waals surface area contributed by atoms with Crippen LogP contribution >= 0.6 is 11.8 Å². The molecule has 0 aliphatic carbocycles. The molecule has 1 unspecified atom stereocenters. The molecule has 0 amide bonds. The Labute approximate surface area is 371 Å². The maximum atomic E-state index is 12.4. The highest BCUT2D eigenvalue weighted by atomic mass is 32.2. The summed E-state index contributed by atoms with van der Waals surface area (Å²) < 4.78 is 43.0. The lowest BCUT2D eigenvalue weighted by Gasteiger charge is -2.48. The number of hydrogen-bond donors (Lipinski definition) is 0. The molecule has 0 aromatic carbocycles. The van der Waals surface area contributed by atoms with E-state index in [0.29, 0.717) is 43.5 Å². The van der Waals surface area contributed by atoms with Crippen LogP contribution in [-0.4, -0.2) is 52.3 Å². The summed E-state index contributed by atoms with van der Waals surface area (Å²) >= 11 is 2.17. The van der Waals surface area contributed by atoms with Crippen LogP contribution in [0.4, 0.5) is 0 Å². The Balaban J connectivity index is 0.000000388. The molecule has 0 aromatic heterocycles. The number of thioether (sulfide) groups is 1. The Morgan fingerprint density at radius 1 is 0.466 bits per heavy atom. The van der Waals surface area contributed by atoms with Gasteiger partial charge in [0.15, 0.2) is 9.84 Å². The van der Waals surface area contributed by atoms with Gasteiger partial charge in [-0.1, -0.05) is 111 Å². The van der Waals surface area contributed by atoms with Gasteiger partial charge in [-0.2, -0.15) is 0 Å². The fraction of sp³-hybridized carbons (Fsp3) is 1.00. The highest BCUT2D eigenvalue weighted by Crippen LogP contribution is 2.54. The molecule has 0 spiro atoms. The summed E-state index contributed by atoms with van der Waals surface area (Å²) in [6, 6.07) is 0. The summed E-state index contributed by atoms with van der Waals surface area (Å²) in [5.74, 6) is 2.67. The van der Waals surface area contributed by atoms with Gasteiger partial charge in [0, 0.05) is 29.8 Å². The fourth-order valence-electron chi connectivity index (χ4n) is 11.2. The maximum Gasteiger partial charge on any atom is 0.160 e. The summed E-state index contributed by atoms with van der Waals surface area (Å²) in [7, 11) is -3.75. The van der Waals surface area contributed by atoms with Crippen LogP contribution in [0.15, 0.2) is 0 Å². The van der Waals surface area contributed by atoms with E-state index >= 15 is 0 Å². The molecule has 0 aromatic rings. The quantitative estimate of drug-likeness (QED) is 0.243. The number of hydrogen-bond acceptors (Lipinski definition) is 5. The Bertz CT molecular complexity index is 1440. The highest BCUT2D eigenvalue weighted by molar-refractivity contribution is 8.02. The molecule has 7 heteroatoms. The Kier molecular flexibility index (Phi) is 16.9. The fourth-order valence-corrected chi connectivity index (χ4v) is 17.8. The van der Waals surface area contributed by atoms with Crippen LogP contribution in [0.25, 0.3) is 0 Å². The van der Waals surface area contributed by atoms with E-state index in [0.717, 1.165) is 31.6 Å². The zero-order chi connectivity index (χ0) is 46.8. The summed E-state index contributed by atoms with van der Waals surface area (Å²) in [6.45, 7) is 62.2. The van der Waals surface area contributed by atoms with E-state index in [1.165, 1.54) is 19.3 Å². The lowest BCUT2D eigenvalue weighted by molar-refractivity contribution is -0.0850. The van der Waals surface area contributed by atoms with Gasteiger partial charge in [-0.15, -0.1) is 11.8 Å². The van der Waals surface area contributed by atoms with E-state index < -0.39 is 30.1 Å². The van der Waals surface area contributed by atoms with Crippen LogP contribution in [0, 0.1) is 45.3 Å². The van der Waals surface area contributed by atoms with Crippen LogP contribution in [0.3, 0.4) is 0 Å². The van der Waals surface area contributed by atoms with Crippen LogP contribution in [0.1, 0.15) is 239 Å². The van der Waals surface area contributed by atoms with E-state index in [-0.39, 0.29) is 26.1 Å². The van der Waals surface area contributed by atoms with Gasteiger partial charge in [-0.3, -0.25) is 4.21 Å². The third kappa shape index (κ3) is 15.0. The Hall–Kier alpha value is 0.410. The van der Waals surface area contributed by atoms with Gasteiger partial charge in [0.1, 0.15) is 0 Å². The van der Waals surface area contributed by atoms with Crippen LogP contribution in [0.2, 0.25) is 0 Å². The topological polar surface area (TPSA) is 60.4 Å². The van der Waals surface area contributed by atoms with E-state index in [9.17, 15) is 12.6 Å². The van der Waals surface area contributed by atoms with Gasteiger partial charge < -0.3 is 4.74 Å². The molecule has 0 saturated carbocycles. The standard InChI is InChI=1S/C13H26O2S.C13H26OS.C13H26S.C12H24O/c1-11(2,3)10-8-12(4,5)16(14,15)13(6,7)9-10;1-11(2,3)10-8-12(4,5)15(14)13(6,7)9-10;1-11(2,3)10-8-12(4,5)14-13(6,7)9-10;1-10(2,3)9-8-11(4,5)13-12(9,6)7/h10H,8-9H2,1-7H3;10H,8-9H2,1-7H3;10H,8-9H2,1-7H3;9H,8H2,1-7H3. The normalized spacial score (nSPS) is 30.9. The molecule has 0 N–H and O–H groups in total. The molecule has 0 radical (unpaired) electrons. The lowest BCUT2D eigenvalue weighted by atomic mass is 9.70. The second-order valence-corrected chi connectivity index (χ2v) is 36.8. The largest absolute Gasteiger partial charge is 0.369 e. The van der Waals surface area contributed by atoms with E-state index in [1.54, 1.807) is 0 Å². The second kappa shape index (κ2) is 17.4. The van der Waals surface area contributed by atoms with Gasteiger partial charge in [0.2, 0.25) is 0 Å². The summed E-state index contributed by atoms with van der Waals surface area (Å²) in [4.78, 5) is 0. The minimum Gasteiger partial charge on any atom is -0.369 e. The van der Waals surface area contributed by atoms with Crippen molar-refractivity contribution in [3.63, 3.8) is 0 Å². The highest BCUT2D eigenvalue weighted by Gasteiger charge is 2.54. The van der Waals surface area contributed by atoms with Crippen molar-refractivity contribution in [1.29, 1.82) is 0 Å². The van der Waals surface area contributed by atoms with E-state index in [1.807, 2.05) is 27.7 Å². The minimum absolute atomic E-state index is 0.0281. The Morgan fingerprint density at radius 2 is 0.759 bits per heavy atom. The van der Waals surface area contributed by atoms with Crippen LogP contribution in [0.5, 0.6) is 0 Å². The third-order valence-corrected chi connectivity index (χ3v) is 21.3. The van der Waals surface area contributed by atoms with Crippen molar-refractivity contribution < 1.29 is 17.4 Å². The average molecular weight is 876 g/mol. The SMILES string of the molecule is CC(C)(C)C1CC(C)(C)S(=O)(=O)C(C)(C)C1.CC(C)(C)C1CC(C)(C)S(=O)C(C)(C)C1.CC1(C)CC(C(C)(C)C)C(C)(C)O1.CC1(C)CC(C(C)(C)C)CC(C)(C)S1. The van der Waals surface area contributed by atoms with Crippen molar-refractivity contribution in [2.45, 2.75) is 278 Å². The second-order valence-electron chi connectivity index (χ2n) is 28.4. The van der Waals surface area contributed by atoms with Gasteiger partial charge >= 0.3 is 0 Å². The van der Waals surface area contributed by atoms with Gasteiger partial charge in [-0.05, 0) is 173 Å². The van der Waals surface area contributed by atoms with Crippen molar-refractivity contribution >= 4 is 32.4 Å². The predicted molar refractivity (Wildman–Crippen MR) is 262 cm³/mol. The molecular formula is C51H102O4S3. The first-order chi connectivity index (χ1) is 24.8. The molecule has 4 saturated heterocycles. The van der Waals surface area contributed by atoms with Gasteiger partial charge in [0.25, 0.3) is 0 Å². The molecule has 1 atom stereocenters. The van der Waals surface area contributed by atoms with Crippen molar-refractivity contribution in [3.05, 3.63) is 0 Å². The average Bonchev–Trinajstić information content (AvgIpc) is 3.14. The first kappa shape index (κ1) is 56.4. The number of rotatable bonds is 0. The van der Waals surface area contributed by atoms with E-state index in [2.05, 4.69) is 178 Å². The summed E-state index contributed by atoms with van der Waals surface area (Å²) in [5.41, 5.74) is 1.42. The van der Waals surface area contributed by atoms with Crippen molar-refractivity contribution in [2.24, 2.45) is 45.3 Å². The molecule has 58 heavy (non-hydrogen) atoms. The number of ether oxygens (including phenoxy) is 1. The molecule has 0 bridgehead atoms.